The number of benzene rings is 2. The highest BCUT2D eigenvalue weighted by molar-refractivity contribution is 5.90. The molecule has 2 aromatic rings. The summed E-state index contributed by atoms with van der Waals surface area (Å²) in [5.41, 5.74) is 0.862. The molecule has 5 heteroatoms. The van der Waals surface area contributed by atoms with Gasteiger partial charge in [0.2, 0.25) is 0 Å². The van der Waals surface area contributed by atoms with Crippen LogP contribution < -0.4 is 0 Å². The Morgan fingerprint density at radius 1 is 0.840 bits per heavy atom. The summed E-state index contributed by atoms with van der Waals surface area (Å²) in [6.07, 6.45) is 1.14. The van der Waals surface area contributed by atoms with Gasteiger partial charge in [-0.05, 0) is 37.3 Å². The molecule has 0 N–H and O–H groups in total. The van der Waals surface area contributed by atoms with Crippen molar-refractivity contribution in [3.05, 3.63) is 84.1 Å². The van der Waals surface area contributed by atoms with Crippen LogP contribution in [0.1, 0.15) is 27.6 Å². The molecule has 0 amide bonds. The molecule has 0 fully saturated rings. The highest BCUT2D eigenvalue weighted by Crippen LogP contribution is 2.21. The van der Waals surface area contributed by atoms with E-state index in [1.165, 1.54) is 6.26 Å². The maximum Gasteiger partial charge on any atom is 0.338 e. The van der Waals surface area contributed by atoms with Gasteiger partial charge >= 0.3 is 11.9 Å². The van der Waals surface area contributed by atoms with Gasteiger partial charge in [-0.3, -0.25) is 0 Å². The van der Waals surface area contributed by atoms with Crippen molar-refractivity contribution in [3.8, 4) is 0 Å². The Morgan fingerprint density at radius 2 is 1.36 bits per heavy atom. The van der Waals surface area contributed by atoms with Crippen molar-refractivity contribution < 1.29 is 23.8 Å². The highest BCUT2D eigenvalue weighted by Gasteiger charge is 2.35. The molecule has 0 bridgehead atoms. The van der Waals surface area contributed by atoms with E-state index in [9.17, 15) is 9.59 Å². The molecular formula is C20H18O5. The van der Waals surface area contributed by atoms with Gasteiger partial charge in [-0.25, -0.2) is 9.59 Å². The van der Waals surface area contributed by atoms with Crippen LogP contribution in [0.15, 0.2) is 73.0 Å². The van der Waals surface area contributed by atoms with Crippen molar-refractivity contribution in [1.82, 2.24) is 0 Å². The first-order valence-electron chi connectivity index (χ1n) is 7.99. The van der Waals surface area contributed by atoms with Crippen molar-refractivity contribution in [2.45, 2.75) is 25.2 Å². The highest BCUT2D eigenvalue weighted by atomic mass is 16.6. The molecule has 0 radical (unpaired) electrons. The monoisotopic (exact) mass is 338 g/mol. The van der Waals surface area contributed by atoms with Crippen molar-refractivity contribution in [1.29, 1.82) is 0 Å². The quantitative estimate of drug-likeness (QED) is 0.800. The average molecular weight is 338 g/mol. The summed E-state index contributed by atoms with van der Waals surface area (Å²) in [6, 6.07) is 17.3. The Morgan fingerprint density at radius 3 is 1.92 bits per heavy atom. The number of ether oxygens (including phenoxy) is 3. The molecule has 3 rings (SSSR count). The third kappa shape index (κ3) is 4.07. The molecule has 0 saturated carbocycles. The van der Waals surface area contributed by atoms with Crippen molar-refractivity contribution in [3.63, 3.8) is 0 Å². The minimum Gasteiger partial charge on any atom is -0.494 e. The SMILES string of the molecule is C[C@@H]1OC=C[C@H](OC(=O)c2ccccc2)[C@H]1OC(=O)c1ccccc1. The maximum atomic E-state index is 12.3. The summed E-state index contributed by atoms with van der Waals surface area (Å²) in [5, 5.41) is 0. The first-order valence-corrected chi connectivity index (χ1v) is 7.99. The molecule has 0 saturated heterocycles. The fourth-order valence-corrected chi connectivity index (χ4v) is 2.50. The first kappa shape index (κ1) is 16.8. The summed E-state index contributed by atoms with van der Waals surface area (Å²) < 4.78 is 16.5. The van der Waals surface area contributed by atoms with Gasteiger partial charge in [-0.1, -0.05) is 36.4 Å². The van der Waals surface area contributed by atoms with Gasteiger partial charge in [0.1, 0.15) is 6.10 Å². The number of hydrogen-bond donors (Lipinski definition) is 0. The van der Waals surface area contributed by atoms with Crippen LogP contribution in [0.3, 0.4) is 0 Å². The largest absolute Gasteiger partial charge is 0.494 e. The third-order valence-electron chi connectivity index (χ3n) is 3.85. The Labute approximate surface area is 145 Å². The molecule has 3 atom stereocenters. The van der Waals surface area contributed by atoms with E-state index in [1.54, 1.807) is 61.5 Å². The molecule has 1 aliphatic rings. The Hall–Kier alpha value is -3.08. The van der Waals surface area contributed by atoms with Crippen LogP contribution in [0, 0.1) is 0 Å². The predicted molar refractivity (Wildman–Crippen MR) is 91.0 cm³/mol. The second-order valence-corrected chi connectivity index (χ2v) is 5.64. The van der Waals surface area contributed by atoms with E-state index in [-0.39, 0.29) is 0 Å². The minimum absolute atomic E-state index is 0.428. The Bertz CT molecular complexity index is 754. The summed E-state index contributed by atoms with van der Waals surface area (Å²) >= 11 is 0. The molecule has 25 heavy (non-hydrogen) atoms. The number of hydrogen-bond acceptors (Lipinski definition) is 5. The molecule has 1 aliphatic heterocycles. The molecule has 2 aromatic carbocycles. The maximum absolute atomic E-state index is 12.3. The van der Waals surface area contributed by atoms with Gasteiger partial charge in [0, 0.05) is 0 Å². The van der Waals surface area contributed by atoms with E-state index in [0.717, 1.165) is 0 Å². The second kappa shape index (κ2) is 7.66. The van der Waals surface area contributed by atoms with Crippen LogP contribution in [-0.4, -0.2) is 30.3 Å². The average Bonchev–Trinajstić information content (AvgIpc) is 2.66. The Kier molecular flexibility index (Phi) is 5.14. The van der Waals surface area contributed by atoms with E-state index in [2.05, 4.69) is 0 Å². The van der Waals surface area contributed by atoms with Crippen molar-refractivity contribution in [2.75, 3.05) is 0 Å². The Balaban J connectivity index is 1.73. The molecule has 1 heterocycles. The fraction of sp³-hybridized carbons (Fsp3) is 0.200. The predicted octanol–water partition coefficient (Wildman–Crippen LogP) is 3.37. The molecule has 5 nitrogen and oxygen atoms in total. The summed E-state index contributed by atoms with van der Waals surface area (Å²) in [7, 11) is 0. The van der Waals surface area contributed by atoms with Crippen molar-refractivity contribution in [2.24, 2.45) is 0 Å². The van der Waals surface area contributed by atoms with Crippen LogP contribution >= 0.6 is 0 Å². The van der Waals surface area contributed by atoms with Crippen LogP contribution in [-0.2, 0) is 14.2 Å². The van der Waals surface area contributed by atoms with E-state index in [1.807, 2.05) is 12.1 Å². The van der Waals surface area contributed by atoms with E-state index in [0.29, 0.717) is 11.1 Å². The molecule has 0 spiro atoms. The molecule has 128 valence electrons. The van der Waals surface area contributed by atoms with Gasteiger partial charge in [-0.2, -0.15) is 0 Å². The molecular weight excluding hydrogens is 320 g/mol. The normalized spacial score (nSPS) is 21.9. The minimum atomic E-state index is -0.731. The van der Waals surface area contributed by atoms with Gasteiger partial charge in [0.15, 0.2) is 12.2 Å². The van der Waals surface area contributed by atoms with E-state index >= 15 is 0 Å². The van der Waals surface area contributed by atoms with Crippen LogP contribution in [0.5, 0.6) is 0 Å². The van der Waals surface area contributed by atoms with Crippen molar-refractivity contribution >= 4 is 11.9 Å². The molecule has 0 aliphatic carbocycles. The smallest absolute Gasteiger partial charge is 0.338 e. The van der Waals surface area contributed by atoms with Gasteiger partial charge in [0.05, 0.1) is 17.4 Å². The lowest BCUT2D eigenvalue weighted by Crippen LogP contribution is -2.44. The van der Waals surface area contributed by atoms with Gasteiger partial charge < -0.3 is 14.2 Å². The number of carbonyl (C=O) groups is 2. The standard InChI is InChI=1S/C20H18O5/c1-14-18(25-20(22)16-10-6-3-7-11-16)17(12-13-23-14)24-19(21)15-8-4-2-5-9-15/h2-14,17-18H,1H3/t14-,17-,18-/m0/s1. The fourth-order valence-electron chi connectivity index (χ4n) is 2.50. The molecule has 0 unspecified atom stereocenters. The van der Waals surface area contributed by atoms with Gasteiger partial charge in [0.25, 0.3) is 0 Å². The molecule has 0 aromatic heterocycles. The van der Waals surface area contributed by atoms with Crippen LogP contribution in [0.4, 0.5) is 0 Å². The summed E-state index contributed by atoms with van der Waals surface area (Å²) in [5.74, 6) is -0.970. The van der Waals surface area contributed by atoms with E-state index < -0.39 is 30.3 Å². The number of carbonyl (C=O) groups excluding carboxylic acids is 2. The number of esters is 2. The van der Waals surface area contributed by atoms with Crippen LogP contribution in [0.2, 0.25) is 0 Å². The second-order valence-electron chi connectivity index (χ2n) is 5.64. The number of rotatable bonds is 4. The topological polar surface area (TPSA) is 61.8 Å². The summed E-state index contributed by atoms with van der Waals surface area (Å²) in [4.78, 5) is 24.6. The lowest BCUT2D eigenvalue weighted by Gasteiger charge is -2.32. The van der Waals surface area contributed by atoms with E-state index in [4.69, 9.17) is 14.2 Å². The summed E-state index contributed by atoms with van der Waals surface area (Å²) in [6.45, 7) is 1.76. The van der Waals surface area contributed by atoms with Gasteiger partial charge in [-0.15, -0.1) is 0 Å². The zero-order chi connectivity index (χ0) is 17.6. The zero-order valence-corrected chi connectivity index (χ0v) is 13.7. The lowest BCUT2D eigenvalue weighted by atomic mass is 10.1. The first-order chi connectivity index (χ1) is 12.1. The van der Waals surface area contributed by atoms with Crippen LogP contribution in [0.25, 0.3) is 0 Å². The zero-order valence-electron chi connectivity index (χ0n) is 13.7. The lowest BCUT2D eigenvalue weighted by molar-refractivity contribution is -0.0772. The third-order valence-corrected chi connectivity index (χ3v) is 3.85.